The van der Waals surface area contributed by atoms with Crippen LogP contribution in [0, 0.1) is 0 Å². The number of carbonyl (C=O) groups excluding carboxylic acids is 2. The molecule has 0 saturated carbocycles. The molecule has 0 aliphatic carbocycles. The predicted octanol–water partition coefficient (Wildman–Crippen LogP) is 7.53. The molecule has 1 N–H and O–H groups in total. The molecule has 4 aromatic rings. The summed E-state index contributed by atoms with van der Waals surface area (Å²) in [7, 11) is 0. The first-order valence-electron chi connectivity index (χ1n) is 12.9. The van der Waals surface area contributed by atoms with Gasteiger partial charge in [0.2, 0.25) is 11.8 Å². The van der Waals surface area contributed by atoms with Crippen molar-refractivity contribution >= 4 is 35.0 Å². The molecule has 1 fully saturated rings. The molecule has 5 heteroatoms. The minimum absolute atomic E-state index is 0.0472. The van der Waals surface area contributed by atoms with Gasteiger partial charge in [-0.2, -0.15) is 0 Å². The van der Waals surface area contributed by atoms with Crippen LogP contribution in [0.1, 0.15) is 54.3 Å². The quantitative estimate of drug-likeness (QED) is 0.286. The number of hydrogen-bond acceptors (Lipinski definition) is 3. The SMILES string of the molecule is CC(C)(C)c1ccc(N2C(=O)CSC2c2cccc(NC(=O)C(c3ccccc3)c3ccccc3)c2)cc1. The fourth-order valence-corrected chi connectivity index (χ4v) is 6.01. The summed E-state index contributed by atoms with van der Waals surface area (Å²) in [5.41, 5.74) is 5.74. The van der Waals surface area contributed by atoms with Crippen LogP contribution in [0.4, 0.5) is 11.4 Å². The fourth-order valence-electron chi connectivity index (χ4n) is 4.84. The van der Waals surface area contributed by atoms with Gasteiger partial charge in [0.25, 0.3) is 0 Å². The van der Waals surface area contributed by atoms with Crippen LogP contribution in [0.25, 0.3) is 0 Å². The molecule has 0 bridgehead atoms. The summed E-state index contributed by atoms with van der Waals surface area (Å²) >= 11 is 1.61. The molecule has 1 aliphatic heterocycles. The van der Waals surface area contributed by atoms with Crippen molar-refractivity contribution in [1.29, 1.82) is 0 Å². The lowest BCUT2D eigenvalue weighted by atomic mass is 9.87. The van der Waals surface area contributed by atoms with Crippen LogP contribution >= 0.6 is 11.8 Å². The molecule has 0 radical (unpaired) electrons. The molecule has 1 atom stereocenters. The molecule has 38 heavy (non-hydrogen) atoms. The summed E-state index contributed by atoms with van der Waals surface area (Å²) in [5.74, 6) is -0.0105. The molecule has 2 amide bonds. The first kappa shape index (κ1) is 25.8. The Labute approximate surface area is 229 Å². The zero-order chi connectivity index (χ0) is 26.7. The molecule has 192 valence electrons. The first-order valence-corrected chi connectivity index (χ1v) is 13.9. The Hall–Kier alpha value is -3.83. The Morgan fingerprint density at radius 2 is 1.45 bits per heavy atom. The third-order valence-electron chi connectivity index (χ3n) is 6.85. The van der Waals surface area contributed by atoms with E-state index >= 15 is 0 Å². The van der Waals surface area contributed by atoms with Crippen LogP contribution in [0.15, 0.2) is 109 Å². The third-order valence-corrected chi connectivity index (χ3v) is 8.06. The average molecular weight is 521 g/mol. The highest BCUT2D eigenvalue weighted by atomic mass is 32.2. The van der Waals surface area contributed by atoms with Gasteiger partial charge in [0, 0.05) is 11.4 Å². The van der Waals surface area contributed by atoms with Crippen molar-refractivity contribution in [1.82, 2.24) is 0 Å². The van der Waals surface area contributed by atoms with E-state index in [9.17, 15) is 9.59 Å². The highest BCUT2D eigenvalue weighted by molar-refractivity contribution is 8.00. The maximum Gasteiger partial charge on any atom is 0.238 e. The highest BCUT2D eigenvalue weighted by Gasteiger charge is 2.34. The maximum absolute atomic E-state index is 13.6. The number of benzene rings is 4. The Bertz CT molecular complexity index is 1370. The summed E-state index contributed by atoms with van der Waals surface area (Å²) in [6, 6.07) is 35.8. The van der Waals surface area contributed by atoms with Gasteiger partial charge in [0.05, 0.1) is 11.7 Å². The van der Waals surface area contributed by atoms with E-state index in [0.29, 0.717) is 11.4 Å². The smallest absolute Gasteiger partial charge is 0.238 e. The molecule has 0 aromatic heterocycles. The lowest BCUT2D eigenvalue weighted by Crippen LogP contribution is -2.28. The van der Waals surface area contributed by atoms with Crippen LogP contribution in [-0.2, 0) is 15.0 Å². The molecule has 1 aliphatic rings. The number of hydrogen-bond donors (Lipinski definition) is 1. The minimum atomic E-state index is -0.429. The number of carbonyl (C=O) groups is 2. The van der Waals surface area contributed by atoms with Crippen LogP contribution in [0.2, 0.25) is 0 Å². The van der Waals surface area contributed by atoms with Crippen molar-refractivity contribution in [2.75, 3.05) is 16.0 Å². The molecule has 5 rings (SSSR count). The topological polar surface area (TPSA) is 49.4 Å². The van der Waals surface area contributed by atoms with E-state index in [2.05, 4.69) is 38.2 Å². The van der Waals surface area contributed by atoms with Gasteiger partial charge in [0.1, 0.15) is 5.37 Å². The van der Waals surface area contributed by atoms with Crippen LogP contribution in [0.5, 0.6) is 0 Å². The van der Waals surface area contributed by atoms with Crippen molar-refractivity contribution in [3.63, 3.8) is 0 Å². The molecule has 1 heterocycles. The van der Waals surface area contributed by atoms with Gasteiger partial charge in [0.15, 0.2) is 0 Å². The lowest BCUT2D eigenvalue weighted by Gasteiger charge is -2.26. The van der Waals surface area contributed by atoms with Crippen molar-refractivity contribution in [2.24, 2.45) is 0 Å². The Morgan fingerprint density at radius 3 is 2.03 bits per heavy atom. The van der Waals surface area contributed by atoms with Crippen molar-refractivity contribution in [3.05, 3.63) is 131 Å². The van der Waals surface area contributed by atoms with Gasteiger partial charge >= 0.3 is 0 Å². The molecule has 1 saturated heterocycles. The second-order valence-electron chi connectivity index (χ2n) is 10.6. The van der Waals surface area contributed by atoms with E-state index < -0.39 is 5.92 Å². The van der Waals surface area contributed by atoms with Crippen LogP contribution in [0.3, 0.4) is 0 Å². The van der Waals surface area contributed by atoms with Crippen molar-refractivity contribution < 1.29 is 9.59 Å². The monoisotopic (exact) mass is 520 g/mol. The van der Waals surface area contributed by atoms with Gasteiger partial charge in [-0.3, -0.25) is 14.5 Å². The molecule has 1 unspecified atom stereocenters. The van der Waals surface area contributed by atoms with Crippen molar-refractivity contribution in [2.45, 2.75) is 37.5 Å². The highest BCUT2D eigenvalue weighted by Crippen LogP contribution is 2.42. The number of nitrogens with zero attached hydrogens (tertiary/aromatic N) is 1. The number of rotatable bonds is 6. The van der Waals surface area contributed by atoms with E-state index in [1.165, 1.54) is 5.56 Å². The first-order chi connectivity index (χ1) is 18.3. The molecular weight excluding hydrogens is 488 g/mol. The Balaban J connectivity index is 1.40. The zero-order valence-electron chi connectivity index (χ0n) is 21.9. The van der Waals surface area contributed by atoms with E-state index in [1.807, 2.05) is 102 Å². The Morgan fingerprint density at radius 1 is 0.842 bits per heavy atom. The predicted molar refractivity (Wildman–Crippen MR) is 158 cm³/mol. The van der Waals surface area contributed by atoms with Crippen molar-refractivity contribution in [3.8, 4) is 0 Å². The second kappa shape index (κ2) is 10.9. The van der Waals surface area contributed by atoms with Gasteiger partial charge in [-0.15, -0.1) is 11.8 Å². The van der Waals surface area contributed by atoms with Crippen LogP contribution < -0.4 is 10.2 Å². The van der Waals surface area contributed by atoms with E-state index in [1.54, 1.807) is 11.8 Å². The van der Waals surface area contributed by atoms with E-state index in [-0.39, 0.29) is 22.6 Å². The summed E-state index contributed by atoms with van der Waals surface area (Å²) in [6.07, 6.45) is 0. The minimum Gasteiger partial charge on any atom is -0.325 e. The third kappa shape index (κ3) is 5.53. The summed E-state index contributed by atoms with van der Waals surface area (Å²) in [4.78, 5) is 28.4. The number of anilines is 2. The lowest BCUT2D eigenvalue weighted by molar-refractivity contribution is -0.117. The van der Waals surface area contributed by atoms with Crippen LogP contribution in [-0.4, -0.2) is 17.6 Å². The van der Waals surface area contributed by atoms with E-state index in [0.717, 1.165) is 22.4 Å². The largest absolute Gasteiger partial charge is 0.325 e. The maximum atomic E-state index is 13.6. The number of amides is 2. The molecule has 4 aromatic carbocycles. The zero-order valence-corrected chi connectivity index (χ0v) is 22.7. The number of thioether (sulfide) groups is 1. The van der Waals surface area contributed by atoms with Gasteiger partial charge in [-0.1, -0.05) is 106 Å². The Kier molecular flexibility index (Phi) is 7.39. The normalized spacial score (nSPS) is 15.6. The summed E-state index contributed by atoms with van der Waals surface area (Å²) in [5, 5.41) is 2.99. The fraction of sp³-hybridized carbons (Fsp3) is 0.212. The summed E-state index contributed by atoms with van der Waals surface area (Å²) < 4.78 is 0. The summed E-state index contributed by atoms with van der Waals surface area (Å²) in [6.45, 7) is 6.55. The number of nitrogens with one attached hydrogen (secondary N) is 1. The standard InChI is InChI=1S/C33H32N2O2S/c1-33(2,3)26-17-19-28(20-18-26)35-29(36)22-38-32(35)25-15-10-16-27(21-25)34-31(37)30(23-11-6-4-7-12-23)24-13-8-5-9-14-24/h4-21,30,32H,22H2,1-3H3,(H,34,37). The molecule has 0 spiro atoms. The van der Waals surface area contributed by atoms with Gasteiger partial charge < -0.3 is 5.32 Å². The van der Waals surface area contributed by atoms with E-state index in [4.69, 9.17) is 0 Å². The molecular formula is C33H32N2O2S. The average Bonchev–Trinajstić information content (AvgIpc) is 3.31. The second-order valence-corrected chi connectivity index (χ2v) is 11.7. The van der Waals surface area contributed by atoms with Gasteiger partial charge in [-0.25, -0.2) is 0 Å². The van der Waals surface area contributed by atoms with Gasteiger partial charge in [-0.05, 0) is 51.9 Å². The molecule has 4 nitrogen and oxygen atoms in total.